The van der Waals surface area contributed by atoms with Gasteiger partial charge in [0.15, 0.2) is 5.84 Å². The Bertz CT molecular complexity index is 637. The zero-order valence-corrected chi connectivity index (χ0v) is 12.8. The minimum atomic E-state index is 0.129. The Balaban J connectivity index is 2.36. The number of hydrogen-bond acceptors (Lipinski definition) is 2. The van der Waals surface area contributed by atoms with Crippen molar-refractivity contribution in [3.63, 3.8) is 0 Å². The molecule has 2 aromatic carbocycles. The van der Waals surface area contributed by atoms with Crippen molar-refractivity contribution in [2.75, 3.05) is 0 Å². The minimum absolute atomic E-state index is 0.129. The van der Waals surface area contributed by atoms with E-state index in [9.17, 15) is 0 Å². The van der Waals surface area contributed by atoms with Gasteiger partial charge in [0.05, 0.1) is 0 Å². The number of amidine groups is 1. The molecule has 0 spiro atoms. The van der Waals surface area contributed by atoms with E-state index < -0.39 is 0 Å². The van der Waals surface area contributed by atoms with Crippen LogP contribution in [-0.4, -0.2) is 11.0 Å². The minimum Gasteiger partial charge on any atom is -0.409 e. The molecule has 0 unspecified atom stereocenters. The third kappa shape index (κ3) is 3.85. The lowest BCUT2D eigenvalue weighted by molar-refractivity contribution is 0.318. The van der Waals surface area contributed by atoms with Gasteiger partial charge in [0, 0.05) is 5.56 Å². The molecular weight excluding hydrogens is 260 g/mol. The van der Waals surface area contributed by atoms with Crippen LogP contribution in [-0.2, 0) is 6.42 Å². The molecule has 0 aliphatic heterocycles. The normalized spacial score (nSPS) is 12.4. The first-order valence-corrected chi connectivity index (χ1v) is 7.07. The maximum absolute atomic E-state index is 8.89. The monoisotopic (exact) mass is 282 g/mol. The van der Waals surface area contributed by atoms with E-state index in [1.54, 1.807) is 0 Å². The first-order chi connectivity index (χ1) is 9.90. The van der Waals surface area contributed by atoms with E-state index in [0.29, 0.717) is 0 Å². The highest BCUT2D eigenvalue weighted by Crippen LogP contribution is 2.26. The summed E-state index contributed by atoms with van der Waals surface area (Å²) < 4.78 is 0. The second kappa shape index (κ2) is 6.00. The van der Waals surface area contributed by atoms with Crippen LogP contribution in [0, 0.1) is 5.41 Å². The SMILES string of the molecule is CC(C)(C)Cc1ccc(-c2ccccc2/C(N)=N/O)cc1. The summed E-state index contributed by atoms with van der Waals surface area (Å²) in [5.41, 5.74) is 10.1. The molecule has 0 aromatic heterocycles. The number of hydrogen-bond donors (Lipinski definition) is 2. The molecule has 0 radical (unpaired) electrons. The summed E-state index contributed by atoms with van der Waals surface area (Å²) in [5.74, 6) is 0.129. The van der Waals surface area contributed by atoms with Gasteiger partial charge in [0.25, 0.3) is 0 Å². The second-order valence-electron chi connectivity index (χ2n) is 6.47. The summed E-state index contributed by atoms with van der Waals surface area (Å²) in [5, 5.41) is 12.0. The number of rotatable bonds is 3. The topological polar surface area (TPSA) is 58.6 Å². The molecule has 110 valence electrons. The van der Waals surface area contributed by atoms with Gasteiger partial charge >= 0.3 is 0 Å². The molecule has 3 heteroatoms. The van der Waals surface area contributed by atoms with Gasteiger partial charge in [-0.25, -0.2) is 0 Å². The molecule has 3 N–H and O–H groups in total. The zero-order chi connectivity index (χ0) is 15.5. The Hall–Kier alpha value is -2.29. The molecule has 0 aliphatic rings. The highest BCUT2D eigenvalue weighted by atomic mass is 16.4. The van der Waals surface area contributed by atoms with Crippen molar-refractivity contribution in [1.29, 1.82) is 0 Å². The third-order valence-corrected chi connectivity index (χ3v) is 3.31. The van der Waals surface area contributed by atoms with E-state index in [2.05, 4.69) is 50.2 Å². The molecule has 0 fully saturated rings. The predicted molar refractivity (Wildman–Crippen MR) is 87.5 cm³/mol. The fourth-order valence-corrected chi connectivity index (χ4v) is 2.43. The Kier molecular flexibility index (Phi) is 4.32. The lowest BCUT2D eigenvalue weighted by Crippen LogP contribution is -2.14. The van der Waals surface area contributed by atoms with Gasteiger partial charge in [0.1, 0.15) is 0 Å². The number of oxime groups is 1. The van der Waals surface area contributed by atoms with E-state index in [1.807, 2.05) is 24.3 Å². The van der Waals surface area contributed by atoms with Crippen LogP contribution in [0.2, 0.25) is 0 Å². The molecule has 2 aromatic rings. The highest BCUT2D eigenvalue weighted by Gasteiger charge is 2.12. The summed E-state index contributed by atoms with van der Waals surface area (Å²) in [6.07, 6.45) is 1.04. The van der Waals surface area contributed by atoms with Gasteiger partial charge in [-0.1, -0.05) is 74.5 Å². The summed E-state index contributed by atoms with van der Waals surface area (Å²) in [4.78, 5) is 0. The maximum atomic E-state index is 8.89. The van der Waals surface area contributed by atoms with Crippen molar-refractivity contribution in [3.05, 3.63) is 59.7 Å². The van der Waals surface area contributed by atoms with E-state index in [1.165, 1.54) is 5.56 Å². The molecular formula is C18H22N2O. The largest absolute Gasteiger partial charge is 0.409 e. The van der Waals surface area contributed by atoms with Crippen LogP contribution in [0.15, 0.2) is 53.7 Å². The van der Waals surface area contributed by atoms with Crippen LogP contribution in [0.5, 0.6) is 0 Å². The number of nitrogens with zero attached hydrogens (tertiary/aromatic N) is 1. The fraction of sp³-hybridized carbons (Fsp3) is 0.278. The van der Waals surface area contributed by atoms with Crippen molar-refractivity contribution in [3.8, 4) is 11.1 Å². The van der Waals surface area contributed by atoms with Gasteiger partial charge in [0.2, 0.25) is 0 Å². The van der Waals surface area contributed by atoms with E-state index in [-0.39, 0.29) is 11.3 Å². The Morgan fingerprint density at radius 1 is 1.05 bits per heavy atom. The average Bonchev–Trinajstić information content (AvgIpc) is 2.45. The Labute approximate surface area is 126 Å². The second-order valence-corrected chi connectivity index (χ2v) is 6.47. The smallest absolute Gasteiger partial charge is 0.170 e. The first kappa shape index (κ1) is 15.1. The Morgan fingerprint density at radius 3 is 2.24 bits per heavy atom. The average molecular weight is 282 g/mol. The van der Waals surface area contributed by atoms with Crippen LogP contribution in [0.4, 0.5) is 0 Å². The number of benzene rings is 2. The molecule has 0 aliphatic carbocycles. The van der Waals surface area contributed by atoms with Gasteiger partial charge < -0.3 is 10.9 Å². The molecule has 0 saturated heterocycles. The maximum Gasteiger partial charge on any atom is 0.170 e. The van der Waals surface area contributed by atoms with Gasteiger partial charge in [-0.3, -0.25) is 0 Å². The molecule has 0 atom stereocenters. The van der Waals surface area contributed by atoms with Crippen LogP contribution >= 0.6 is 0 Å². The molecule has 3 nitrogen and oxygen atoms in total. The van der Waals surface area contributed by atoms with Gasteiger partial charge in [-0.15, -0.1) is 0 Å². The molecule has 21 heavy (non-hydrogen) atoms. The third-order valence-electron chi connectivity index (χ3n) is 3.31. The van der Waals surface area contributed by atoms with Crippen molar-refractivity contribution in [2.45, 2.75) is 27.2 Å². The van der Waals surface area contributed by atoms with Gasteiger partial charge in [-0.2, -0.15) is 0 Å². The van der Waals surface area contributed by atoms with Crippen molar-refractivity contribution in [2.24, 2.45) is 16.3 Å². The van der Waals surface area contributed by atoms with Gasteiger partial charge in [-0.05, 0) is 28.5 Å². The summed E-state index contributed by atoms with van der Waals surface area (Å²) in [6, 6.07) is 16.1. The lowest BCUT2D eigenvalue weighted by atomic mass is 9.87. The van der Waals surface area contributed by atoms with E-state index in [4.69, 9.17) is 10.9 Å². The molecule has 0 saturated carbocycles. The summed E-state index contributed by atoms with van der Waals surface area (Å²) >= 11 is 0. The van der Waals surface area contributed by atoms with Crippen molar-refractivity contribution in [1.82, 2.24) is 0 Å². The molecule has 2 rings (SSSR count). The summed E-state index contributed by atoms with van der Waals surface area (Å²) in [7, 11) is 0. The van der Waals surface area contributed by atoms with Crippen molar-refractivity contribution >= 4 is 5.84 Å². The first-order valence-electron chi connectivity index (χ1n) is 7.07. The Morgan fingerprint density at radius 2 is 1.67 bits per heavy atom. The lowest BCUT2D eigenvalue weighted by Gasteiger charge is -2.18. The highest BCUT2D eigenvalue weighted by molar-refractivity contribution is 6.03. The quantitative estimate of drug-likeness (QED) is 0.386. The number of nitrogens with two attached hydrogens (primary N) is 1. The molecule has 0 heterocycles. The van der Waals surface area contributed by atoms with Crippen LogP contribution < -0.4 is 5.73 Å². The van der Waals surface area contributed by atoms with E-state index in [0.717, 1.165) is 23.1 Å². The van der Waals surface area contributed by atoms with Crippen LogP contribution in [0.25, 0.3) is 11.1 Å². The molecule has 0 bridgehead atoms. The molecule has 0 amide bonds. The fourth-order valence-electron chi connectivity index (χ4n) is 2.43. The zero-order valence-electron chi connectivity index (χ0n) is 12.8. The van der Waals surface area contributed by atoms with Crippen LogP contribution in [0.1, 0.15) is 31.9 Å². The van der Waals surface area contributed by atoms with E-state index >= 15 is 0 Å². The van der Waals surface area contributed by atoms with Crippen molar-refractivity contribution < 1.29 is 5.21 Å². The standard InChI is InChI=1S/C18H22N2O/c1-18(2,3)12-13-8-10-14(11-9-13)15-6-4-5-7-16(15)17(19)20-21/h4-11,21H,12H2,1-3H3,(H2,19,20). The van der Waals surface area contributed by atoms with Crippen LogP contribution in [0.3, 0.4) is 0 Å². The summed E-state index contributed by atoms with van der Waals surface area (Å²) in [6.45, 7) is 6.69. The predicted octanol–water partition coefficient (Wildman–Crippen LogP) is 4.04.